The number of rotatable bonds is 5. The number of aryl methyl sites for hydroxylation is 1. The second-order valence-corrected chi connectivity index (χ2v) is 7.14. The molecule has 0 atom stereocenters. The van der Waals surface area contributed by atoms with Crippen LogP contribution in [0.3, 0.4) is 0 Å². The molecule has 2 nitrogen and oxygen atoms in total. The minimum Gasteiger partial charge on any atom is -0.478 e. The number of carbonyl (C=O) groups is 1. The number of halogens is 1. The van der Waals surface area contributed by atoms with E-state index in [1.165, 1.54) is 9.75 Å². The molecule has 5 heteroatoms. The highest BCUT2D eigenvalue weighted by atomic mass is 79.9. The summed E-state index contributed by atoms with van der Waals surface area (Å²) in [5.41, 5.74) is 0.362. The lowest BCUT2D eigenvalue weighted by Crippen LogP contribution is -1.98. The fraction of sp³-hybridized carbons (Fsp3) is 0.214. The average molecular weight is 357 g/mol. The van der Waals surface area contributed by atoms with Gasteiger partial charge in [-0.1, -0.05) is 22.9 Å². The van der Waals surface area contributed by atoms with Crippen LogP contribution in [0.5, 0.6) is 0 Å². The van der Waals surface area contributed by atoms with Gasteiger partial charge in [-0.15, -0.1) is 23.1 Å². The molecule has 0 saturated carbocycles. The van der Waals surface area contributed by atoms with Gasteiger partial charge >= 0.3 is 5.97 Å². The van der Waals surface area contributed by atoms with Crippen LogP contribution in [-0.2, 0) is 12.2 Å². The van der Waals surface area contributed by atoms with Gasteiger partial charge in [0, 0.05) is 24.9 Å². The Balaban J connectivity index is 2.14. The monoisotopic (exact) mass is 356 g/mol. The van der Waals surface area contributed by atoms with Crippen LogP contribution in [0.15, 0.2) is 39.7 Å². The zero-order valence-corrected chi connectivity index (χ0v) is 13.6. The molecule has 0 amide bonds. The summed E-state index contributed by atoms with van der Waals surface area (Å²) in [7, 11) is 0. The maximum absolute atomic E-state index is 11.2. The van der Waals surface area contributed by atoms with Crippen LogP contribution in [0.2, 0.25) is 0 Å². The lowest BCUT2D eigenvalue weighted by Gasteiger charge is -2.05. The van der Waals surface area contributed by atoms with E-state index in [0.29, 0.717) is 5.56 Å². The molecule has 1 heterocycles. The van der Waals surface area contributed by atoms with Crippen molar-refractivity contribution in [2.75, 3.05) is 0 Å². The molecule has 19 heavy (non-hydrogen) atoms. The molecular weight excluding hydrogens is 344 g/mol. The Morgan fingerprint density at radius 1 is 1.32 bits per heavy atom. The van der Waals surface area contributed by atoms with Crippen molar-refractivity contribution in [1.82, 2.24) is 0 Å². The molecule has 1 aromatic heterocycles. The molecule has 1 N–H and O–H groups in total. The Bertz CT molecular complexity index is 593. The average Bonchev–Trinajstić information content (AvgIpc) is 2.84. The van der Waals surface area contributed by atoms with E-state index in [0.717, 1.165) is 21.5 Å². The van der Waals surface area contributed by atoms with Gasteiger partial charge in [-0.3, -0.25) is 0 Å². The molecule has 0 saturated heterocycles. The quantitative estimate of drug-likeness (QED) is 0.760. The number of hydrogen-bond acceptors (Lipinski definition) is 3. The van der Waals surface area contributed by atoms with Crippen LogP contribution in [-0.4, -0.2) is 11.1 Å². The highest BCUT2D eigenvalue weighted by molar-refractivity contribution is 9.10. The normalized spacial score (nSPS) is 10.6. The van der Waals surface area contributed by atoms with E-state index in [1.807, 2.05) is 6.07 Å². The lowest BCUT2D eigenvalue weighted by molar-refractivity contribution is 0.0693. The van der Waals surface area contributed by atoms with Gasteiger partial charge in [-0.25, -0.2) is 4.79 Å². The molecule has 2 rings (SSSR count). The van der Waals surface area contributed by atoms with E-state index in [-0.39, 0.29) is 0 Å². The fourth-order valence-corrected chi connectivity index (χ4v) is 4.22. The molecule has 0 radical (unpaired) electrons. The maximum Gasteiger partial charge on any atom is 0.336 e. The molecule has 0 fully saturated rings. The largest absolute Gasteiger partial charge is 0.478 e. The summed E-state index contributed by atoms with van der Waals surface area (Å²) >= 11 is 6.74. The minimum absolute atomic E-state index is 0.362. The molecule has 100 valence electrons. The van der Waals surface area contributed by atoms with E-state index < -0.39 is 5.97 Å². The summed E-state index contributed by atoms with van der Waals surface area (Å²) in [4.78, 5) is 14.6. The van der Waals surface area contributed by atoms with Gasteiger partial charge < -0.3 is 5.11 Å². The van der Waals surface area contributed by atoms with Crippen molar-refractivity contribution >= 4 is 45.0 Å². The van der Waals surface area contributed by atoms with Gasteiger partial charge in [0.25, 0.3) is 0 Å². The second-order valence-electron chi connectivity index (χ2n) is 3.96. The van der Waals surface area contributed by atoms with Crippen molar-refractivity contribution in [3.8, 4) is 0 Å². The minimum atomic E-state index is -0.879. The number of aromatic carboxylic acids is 1. The van der Waals surface area contributed by atoms with Crippen molar-refractivity contribution in [2.24, 2.45) is 0 Å². The topological polar surface area (TPSA) is 37.3 Å². The summed E-state index contributed by atoms with van der Waals surface area (Å²) in [5.74, 6) is -0.0723. The third kappa shape index (κ3) is 3.84. The number of benzene rings is 1. The second kappa shape index (κ2) is 6.59. The van der Waals surface area contributed by atoms with Gasteiger partial charge in [0.1, 0.15) is 0 Å². The molecule has 0 aliphatic carbocycles. The number of carboxylic acid groups (broad SMARTS) is 1. The highest BCUT2D eigenvalue weighted by Crippen LogP contribution is 2.31. The molecule has 0 bridgehead atoms. The van der Waals surface area contributed by atoms with Crippen molar-refractivity contribution in [3.63, 3.8) is 0 Å². The lowest BCUT2D eigenvalue weighted by atomic mass is 10.2. The van der Waals surface area contributed by atoms with Crippen LogP contribution in [0, 0.1) is 0 Å². The Labute approximate surface area is 129 Å². The van der Waals surface area contributed by atoms with Crippen molar-refractivity contribution in [1.29, 1.82) is 0 Å². The summed E-state index contributed by atoms with van der Waals surface area (Å²) in [6.07, 6.45) is 1.05. The van der Waals surface area contributed by atoms with Gasteiger partial charge in [0.05, 0.1) is 5.56 Å². The van der Waals surface area contributed by atoms with E-state index >= 15 is 0 Å². The first-order valence-electron chi connectivity index (χ1n) is 5.83. The Kier molecular flexibility index (Phi) is 5.07. The number of thioether (sulfide) groups is 1. The van der Waals surface area contributed by atoms with Crippen LogP contribution in [0.4, 0.5) is 0 Å². The third-order valence-electron chi connectivity index (χ3n) is 2.61. The molecule has 0 aliphatic heterocycles. The van der Waals surface area contributed by atoms with Crippen LogP contribution in [0.1, 0.15) is 27.0 Å². The molecule has 0 aliphatic rings. The van der Waals surface area contributed by atoms with Gasteiger partial charge in [0.2, 0.25) is 0 Å². The first-order chi connectivity index (χ1) is 9.10. The smallest absolute Gasteiger partial charge is 0.336 e. The van der Waals surface area contributed by atoms with Gasteiger partial charge in [-0.2, -0.15) is 0 Å². The SMILES string of the molecule is CCc1ccc(CSc2cc(Br)ccc2C(=O)O)s1. The van der Waals surface area contributed by atoms with E-state index in [1.54, 1.807) is 35.2 Å². The Morgan fingerprint density at radius 2 is 2.05 bits per heavy atom. The molecule has 2 aromatic rings. The van der Waals surface area contributed by atoms with E-state index in [9.17, 15) is 4.79 Å². The molecule has 0 unspecified atom stereocenters. The molecule has 1 aromatic carbocycles. The summed E-state index contributed by atoms with van der Waals surface area (Å²) in [6, 6.07) is 9.52. The van der Waals surface area contributed by atoms with Crippen LogP contribution >= 0.6 is 39.0 Å². The molecule has 0 spiro atoms. The van der Waals surface area contributed by atoms with Crippen molar-refractivity contribution in [3.05, 3.63) is 50.1 Å². The highest BCUT2D eigenvalue weighted by Gasteiger charge is 2.11. The van der Waals surface area contributed by atoms with Gasteiger partial charge in [-0.05, 0) is 36.8 Å². The van der Waals surface area contributed by atoms with Gasteiger partial charge in [0.15, 0.2) is 0 Å². The summed E-state index contributed by atoms with van der Waals surface area (Å²) in [5, 5.41) is 9.17. The zero-order chi connectivity index (χ0) is 13.8. The molecular formula is C14H13BrO2S2. The van der Waals surface area contributed by atoms with E-state index in [4.69, 9.17) is 5.11 Å². The first-order valence-corrected chi connectivity index (χ1v) is 8.43. The van der Waals surface area contributed by atoms with Crippen molar-refractivity contribution in [2.45, 2.75) is 24.0 Å². The number of carboxylic acids is 1. The Morgan fingerprint density at radius 3 is 2.68 bits per heavy atom. The fourth-order valence-electron chi connectivity index (χ4n) is 1.63. The predicted octanol–water partition coefficient (Wildman–Crippen LogP) is 5.06. The summed E-state index contributed by atoms with van der Waals surface area (Å²) in [6.45, 7) is 2.14. The number of hydrogen-bond donors (Lipinski definition) is 1. The predicted molar refractivity (Wildman–Crippen MR) is 84.4 cm³/mol. The summed E-state index contributed by atoms with van der Waals surface area (Å²) < 4.78 is 0.903. The Hall–Kier alpha value is -0.780. The third-order valence-corrected chi connectivity index (χ3v) is 5.62. The van der Waals surface area contributed by atoms with Crippen molar-refractivity contribution < 1.29 is 9.90 Å². The first kappa shape index (κ1) is 14.6. The van der Waals surface area contributed by atoms with Crippen LogP contribution < -0.4 is 0 Å². The number of thiophene rings is 1. The maximum atomic E-state index is 11.2. The zero-order valence-electron chi connectivity index (χ0n) is 10.4. The standard InChI is InChI=1S/C14H13BrO2S2/c1-2-10-4-5-11(19-10)8-18-13-7-9(15)3-6-12(13)14(16)17/h3-7H,2,8H2,1H3,(H,16,17). The van der Waals surface area contributed by atoms with E-state index in [2.05, 4.69) is 35.0 Å². The van der Waals surface area contributed by atoms with Crippen LogP contribution in [0.25, 0.3) is 0 Å².